The number of methoxy groups -OCH3 is 1. The van der Waals surface area contributed by atoms with Crippen LogP contribution in [0.15, 0.2) is 24.0 Å². The molecule has 6 heteroatoms. The van der Waals surface area contributed by atoms with Gasteiger partial charge in [0.1, 0.15) is 10.8 Å². The van der Waals surface area contributed by atoms with E-state index in [0.717, 1.165) is 32.8 Å². The Kier molecular flexibility index (Phi) is 5.00. The van der Waals surface area contributed by atoms with Gasteiger partial charge in [0, 0.05) is 50.1 Å². The van der Waals surface area contributed by atoms with Crippen molar-refractivity contribution in [1.82, 2.24) is 19.4 Å². The largest absolute Gasteiger partial charge is 0.383 e. The van der Waals surface area contributed by atoms with Crippen LogP contribution < -0.4 is 0 Å². The first-order chi connectivity index (χ1) is 10.4. The molecule has 3 heterocycles. The molecule has 0 aliphatic carbocycles. The summed E-state index contributed by atoms with van der Waals surface area (Å²) in [5.74, 6) is 1.72. The third-order valence-corrected chi connectivity index (χ3v) is 4.76. The SMILES string of the molecule is COCCn1ccnc1[C@@H]1CCCN(Cc2nccs2)C1. The standard InChI is InChI=1S/C15H22N4OS/c1-20-9-8-19-7-4-17-15(19)13-3-2-6-18(11-13)12-14-16-5-10-21-14/h4-5,7,10,13H,2-3,6,8-9,11-12H2,1H3/t13-/m1/s1. The van der Waals surface area contributed by atoms with Gasteiger partial charge in [-0.15, -0.1) is 11.3 Å². The van der Waals surface area contributed by atoms with Crippen molar-refractivity contribution in [2.45, 2.75) is 31.8 Å². The zero-order valence-electron chi connectivity index (χ0n) is 12.4. The van der Waals surface area contributed by atoms with E-state index in [1.54, 1.807) is 18.4 Å². The van der Waals surface area contributed by atoms with Gasteiger partial charge in [0.25, 0.3) is 0 Å². The Morgan fingerprint density at radius 3 is 3.14 bits per heavy atom. The van der Waals surface area contributed by atoms with Crippen molar-refractivity contribution >= 4 is 11.3 Å². The highest BCUT2D eigenvalue weighted by Gasteiger charge is 2.24. The summed E-state index contributed by atoms with van der Waals surface area (Å²) in [5.41, 5.74) is 0. The Labute approximate surface area is 129 Å². The van der Waals surface area contributed by atoms with E-state index in [2.05, 4.69) is 25.6 Å². The molecule has 0 bridgehead atoms. The predicted molar refractivity (Wildman–Crippen MR) is 83.5 cm³/mol. The van der Waals surface area contributed by atoms with Gasteiger partial charge < -0.3 is 9.30 Å². The minimum atomic E-state index is 0.519. The Balaban J connectivity index is 1.64. The van der Waals surface area contributed by atoms with Crippen LogP contribution >= 0.6 is 11.3 Å². The van der Waals surface area contributed by atoms with Crippen molar-refractivity contribution in [1.29, 1.82) is 0 Å². The predicted octanol–water partition coefficient (Wildman–Crippen LogP) is 2.37. The molecule has 21 heavy (non-hydrogen) atoms. The van der Waals surface area contributed by atoms with E-state index in [4.69, 9.17) is 4.74 Å². The number of thiazole rings is 1. The van der Waals surface area contributed by atoms with Crippen LogP contribution in [0.1, 0.15) is 29.6 Å². The molecular weight excluding hydrogens is 284 g/mol. The zero-order valence-corrected chi connectivity index (χ0v) is 13.3. The maximum absolute atomic E-state index is 5.18. The van der Waals surface area contributed by atoms with Crippen LogP contribution in [0.5, 0.6) is 0 Å². The number of ether oxygens (including phenoxy) is 1. The summed E-state index contributed by atoms with van der Waals surface area (Å²) in [6.07, 6.45) is 8.31. The molecule has 5 nitrogen and oxygen atoms in total. The van der Waals surface area contributed by atoms with Crippen molar-refractivity contribution in [3.63, 3.8) is 0 Å². The molecule has 0 saturated carbocycles. The van der Waals surface area contributed by atoms with E-state index in [1.807, 2.05) is 17.8 Å². The van der Waals surface area contributed by atoms with E-state index in [1.165, 1.54) is 23.7 Å². The fourth-order valence-corrected chi connectivity index (χ4v) is 3.65. The van der Waals surface area contributed by atoms with Crippen LogP contribution in [0.25, 0.3) is 0 Å². The molecule has 3 rings (SSSR count). The average Bonchev–Trinajstić information content (AvgIpc) is 3.16. The summed E-state index contributed by atoms with van der Waals surface area (Å²) in [6, 6.07) is 0. The molecule has 0 spiro atoms. The molecule has 0 amide bonds. The summed E-state index contributed by atoms with van der Waals surface area (Å²) >= 11 is 1.74. The first kappa shape index (κ1) is 14.7. The Morgan fingerprint density at radius 2 is 2.33 bits per heavy atom. The van der Waals surface area contributed by atoms with Crippen molar-refractivity contribution in [2.24, 2.45) is 0 Å². The van der Waals surface area contributed by atoms with Crippen LogP contribution in [0, 0.1) is 0 Å². The lowest BCUT2D eigenvalue weighted by molar-refractivity contribution is 0.177. The lowest BCUT2D eigenvalue weighted by Crippen LogP contribution is -2.35. The molecule has 2 aromatic rings. The number of aromatic nitrogens is 3. The lowest BCUT2D eigenvalue weighted by atomic mass is 9.97. The van der Waals surface area contributed by atoms with Crippen LogP contribution in [-0.4, -0.2) is 46.2 Å². The molecule has 0 radical (unpaired) electrons. The highest BCUT2D eigenvalue weighted by molar-refractivity contribution is 7.09. The summed E-state index contributed by atoms with van der Waals surface area (Å²) in [7, 11) is 1.74. The van der Waals surface area contributed by atoms with E-state index >= 15 is 0 Å². The fraction of sp³-hybridized carbons (Fsp3) is 0.600. The Hall–Kier alpha value is -1.24. The first-order valence-corrected chi connectivity index (χ1v) is 8.35. The molecule has 1 fully saturated rings. The number of imidazole rings is 1. The van der Waals surface area contributed by atoms with Crippen molar-refractivity contribution in [3.8, 4) is 0 Å². The first-order valence-electron chi connectivity index (χ1n) is 7.47. The molecule has 1 atom stereocenters. The molecule has 2 aromatic heterocycles. The number of piperidine rings is 1. The van der Waals surface area contributed by atoms with Gasteiger partial charge in [0.15, 0.2) is 0 Å². The molecule has 1 aliphatic heterocycles. The van der Waals surface area contributed by atoms with Gasteiger partial charge in [-0.25, -0.2) is 9.97 Å². The van der Waals surface area contributed by atoms with Gasteiger partial charge in [0.05, 0.1) is 13.2 Å². The topological polar surface area (TPSA) is 43.2 Å². The van der Waals surface area contributed by atoms with Crippen LogP contribution in [0.2, 0.25) is 0 Å². The number of hydrogen-bond donors (Lipinski definition) is 0. The number of hydrogen-bond acceptors (Lipinski definition) is 5. The molecule has 0 N–H and O–H groups in total. The van der Waals surface area contributed by atoms with E-state index in [9.17, 15) is 0 Å². The van der Waals surface area contributed by atoms with Crippen LogP contribution in [0.3, 0.4) is 0 Å². The van der Waals surface area contributed by atoms with E-state index in [0.29, 0.717) is 5.92 Å². The fourth-order valence-electron chi connectivity index (χ4n) is 2.99. The minimum Gasteiger partial charge on any atom is -0.383 e. The van der Waals surface area contributed by atoms with Gasteiger partial charge in [-0.05, 0) is 19.4 Å². The third-order valence-electron chi connectivity index (χ3n) is 4.00. The third kappa shape index (κ3) is 3.70. The zero-order chi connectivity index (χ0) is 14.5. The van der Waals surface area contributed by atoms with Crippen molar-refractivity contribution < 1.29 is 4.74 Å². The quantitative estimate of drug-likeness (QED) is 0.822. The molecule has 1 aliphatic rings. The molecule has 0 unspecified atom stereocenters. The second-order valence-electron chi connectivity index (χ2n) is 5.47. The van der Waals surface area contributed by atoms with E-state index in [-0.39, 0.29) is 0 Å². The van der Waals surface area contributed by atoms with Crippen LogP contribution in [0.4, 0.5) is 0 Å². The molecule has 114 valence electrons. The average molecular weight is 306 g/mol. The minimum absolute atomic E-state index is 0.519. The Bertz CT molecular complexity index is 540. The van der Waals surface area contributed by atoms with Crippen molar-refractivity contribution in [3.05, 3.63) is 34.8 Å². The highest BCUT2D eigenvalue weighted by atomic mass is 32.1. The normalized spacial score (nSPS) is 20.0. The van der Waals surface area contributed by atoms with Gasteiger partial charge in [-0.3, -0.25) is 4.90 Å². The van der Waals surface area contributed by atoms with Crippen LogP contribution in [-0.2, 0) is 17.8 Å². The second kappa shape index (κ2) is 7.15. The van der Waals surface area contributed by atoms with Gasteiger partial charge in [-0.1, -0.05) is 0 Å². The number of rotatable bonds is 6. The van der Waals surface area contributed by atoms with Gasteiger partial charge in [-0.2, -0.15) is 0 Å². The van der Waals surface area contributed by atoms with Gasteiger partial charge >= 0.3 is 0 Å². The number of likely N-dealkylation sites (tertiary alicyclic amines) is 1. The maximum Gasteiger partial charge on any atom is 0.113 e. The molecule has 0 aromatic carbocycles. The molecular formula is C15H22N4OS. The smallest absolute Gasteiger partial charge is 0.113 e. The summed E-state index contributed by atoms with van der Waals surface area (Å²) in [4.78, 5) is 11.5. The summed E-state index contributed by atoms with van der Waals surface area (Å²) < 4.78 is 7.42. The van der Waals surface area contributed by atoms with Gasteiger partial charge in [0.2, 0.25) is 0 Å². The number of nitrogens with zero attached hydrogens (tertiary/aromatic N) is 4. The monoisotopic (exact) mass is 306 g/mol. The summed E-state index contributed by atoms with van der Waals surface area (Å²) in [5, 5.41) is 3.26. The van der Waals surface area contributed by atoms with E-state index < -0.39 is 0 Å². The second-order valence-corrected chi connectivity index (χ2v) is 6.45. The Morgan fingerprint density at radius 1 is 1.38 bits per heavy atom. The van der Waals surface area contributed by atoms with Crippen molar-refractivity contribution in [2.75, 3.05) is 26.8 Å². The molecule has 1 saturated heterocycles. The highest BCUT2D eigenvalue weighted by Crippen LogP contribution is 2.27. The lowest BCUT2D eigenvalue weighted by Gasteiger charge is -2.32. The summed E-state index contributed by atoms with van der Waals surface area (Å²) in [6.45, 7) is 4.82. The maximum atomic E-state index is 5.18.